The number of likely N-dealkylation sites (N-methyl/N-ethyl adjacent to an activating group) is 1. The molecule has 1 amide bonds. The van der Waals surface area contributed by atoms with E-state index in [0.717, 1.165) is 30.7 Å². The monoisotopic (exact) mass is 695 g/mol. The number of carbonyl (C=O) groups is 1. The van der Waals surface area contributed by atoms with Gasteiger partial charge in [0.2, 0.25) is 5.91 Å². The summed E-state index contributed by atoms with van der Waals surface area (Å²) < 4.78 is 52.8. The SMILES string of the molecule is C=CC(=O)N1CCC(N(C)c2nc(OCC34CCCN3CC(F)C4)nc3c(F)c(-c4ccc(F)c5sc(N)c(C#N)c45)c(Cl)cc23)C1C. The molecule has 3 fully saturated rings. The molecule has 4 unspecified atom stereocenters. The molecule has 0 radical (unpaired) electrons. The summed E-state index contributed by atoms with van der Waals surface area (Å²) in [6.07, 6.45) is 2.96. The van der Waals surface area contributed by atoms with Crippen LogP contribution in [0.4, 0.5) is 24.0 Å². The third-order valence-electron chi connectivity index (χ3n) is 10.3. The topological polar surface area (TPSA) is 112 Å². The van der Waals surface area contributed by atoms with Crippen molar-refractivity contribution in [2.24, 2.45) is 0 Å². The Morgan fingerprint density at radius 3 is 2.90 bits per heavy atom. The van der Waals surface area contributed by atoms with Crippen molar-refractivity contribution in [2.75, 3.05) is 43.9 Å². The molecule has 2 aromatic carbocycles. The number of benzene rings is 2. The maximum atomic E-state index is 17.0. The third kappa shape index (κ3) is 5.04. The smallest absolute Gasteiger partial charge is 0.319 e. The standard InChI is InChI=1S/C34H33ClF3N7O2S/c1-4-25(46)45-11-8-24(17(45)2)43(3)32-20-12-22(35)27(19-6-7-23(37)30-26(19)21(14-39)31(40)48-30)28(38)29(20)41-33(42-32)47-16-34-9-5-10-44(34)15-18(36)13-34/h4,6-7,12,17-18,24H,1,5,8-11,13,15-16,40H2,2-3H3. The summed E-state index contributed by atoms with van der Waals surface area (Å²) in [5.41, 5.74) is 5.62. The van der Waals surface area contributed by atoms with E-state index in [-0.39, 0.29) is 72.9 Å². The van der Waals surface area contributed by atoms with Crippen LogP contribution in [0, 0.1) is 23.0 Å². The highest BCUT2D eigenvalue weighted by molar-refractivity contribution is 7.23. The van der Waals surface area contributed by atoms with Gasteiger partial charge in [0.1, 0.15) is 41.0 Å². The van der Waals surface area contributed by atoms with Crippen molar-refractivity contribution < 1.29 is 22.7 Å². The maximum Gasteiger partial charge on any atom is 0.319 e. The fourth-order valence-corrected chi connectivity index (χ4v) is 9.17. The number of thiophene rings is 1. The van der Waals surface area contributed by atoms with Crippen LogP contribution in [-0.2, 0) is 4.79 Å². The lowest BCUT2D eigenvalue weighted by molar-refractivity contribution is -0.126. The van der Waals surface area contributed by atoms with E-state index in [0.29, 0.717) is 37.1 Å². The highest BCUT2D eigenvalue weighted by Crippen LogP contribution is 2.46. The molecule has 48 heavy (non-hydrogen) atoms. The number of nitrogens with two attached hydrogens (primary N) is 1. The van der Waals surface area contributed by atoms with E-state index in [1.807, 2.05) is 24.9 Å². The number of hydrogen-bond donors (Lipinski definition) is 1. The molecule has 5 heterocycles. The Kier molecular flexibility index (Phi) is 8.17. The number of halogens is 4. The number of nitrogen functional groups attached to an aromatic ring is 1. The van der Waals surface area contributed by atoms with Gasteiger partial charge < -0.3 is 20.3 Å². The molecule has 2 N–H and O–H groups in total. The van der Waals surface area contributed by atoms with Crippen molar-refractivity contribution in [2.45, 2.75) is 56.4 Å². The van der Waals surface area contributed by atoms with E-state index in [9.17, 15) is 18.8 Å². The lowest BCUT2D eigenvalue weighted by Gasteiger charge is -2.33. The molecule has 3 aliphatic heterocycles. The van der Waals surface area contributed by atoms with Crippen molar-refractivity contribution in [1.82, 2.24) is 19.8 Å². The summed E-state index contributed by atoms with van der Waals surface area (Å²) in [7, 11) is 1.81. The summed E-state index contributed by atoms with van der Waals surface area (Å²) in [5.74, 6) is -1.25. The van der Waals surface area contributed by atoms with Gasteiger partial charge in [0.05, 0.1) is 26.9 Å². The Labute approximate surface area is 284 Å². The molecule has 4 atom stereocenters. The number of fused-ring (bicyclic) bond motifs is 3. The summed E-state index contributed by atoms with van der Waals surface area (Å²) in [4.78, 5) is 27.5. The Morgan fingerprint density at radius 1 is 1.35 bits per heavy atom. The van der Waals surface area contributed by atoms with Gasteiger partial charge in [-0.15, -0.1) is 11.3 Å². The van der Waals surface area contributed by atoms with Gasteiger partial charge in [0.25, 0.3) is 0 Å². The molecule has 7 rings (SSSR count). The Balaban J connectivity index is 1.38. The van der Waals surface area contributed by atoms with Crippen LogP contribution in [0.15, 0.2) is 30.9 Å². The number of ether oxygens (including phenoxy) is 1. The lowest BCUT2D eigenvalue weighted by atomic mass is 9.95. The second kappa shape index (κ2) is 12.1. The van der Waals surface area contributed by atoms with E-state index in [4.69, 9.17) is 27.1 Å². The number of nitriles is 1. The van der Waals surface area contributed by atoms with Crippen molar-refractivity contribution >= 4 is 60.7 Å². The minimum atomic E-state index is -0.961. The van der Waals surface area contributed by atoms with E-state index < -0.39 is 23.3 Å². The van der Waals surface area contributed by atoms with E-state index in [1.165, 1.54) is 18.2 Å². The lowest BCUT2D eigenvalue weighted by Crippen LogP contribution is -2.44. The van der Waals surface area contributed by atoms with Crippen LogP contribution < -0.4 is 15.4 Å². The zero-order valence-electron chi connectivity index (χ0n) is 26.4. The number of carbonyl (C=O) groups excluding carboxylic acids is 1. The van der Waals surface area contributed by atoms with Crippen LogP contribution >= 0.6 is 22.9 Å². The van der Waals surface area contributed by atoms with Crippen molar-refractivity contribution in [3.05, 3.63) is 53.1 Å². The molecular weight excluding hydrogens is 663 g/mol. The number of amides is 1. The number of likely N-dealkylation sites (tertiary alicyclic amines) is 1. The predicted octanol–water partition coefficient (Wildman–Crippen LogP) is 6.46. The fourth-order valence-electron chi connectivity index (χ4n) is 7.92. The van der Waals surface area contributed by atoms with Gasteiger partial charge >= 0.3 is 6.01 Å². The molecule has 3 aliphatic rings. The highest BCUT2D eigenvalue weighted by atomic mass is 35.5. The van der Waals surface area contributed by atoms with Crippen LogP contribution in [0.25, 0.3) is 32.1 Å². The second-order valence-electron chi connectivity index (χ2n) is 12.8. The largest absolute Gasteiger partial charge is 0.461 e. The number of hydrogen-bond acceptors (Lipinski definition) is 9. The van der Waals surface area contributed by atoms with Gasteiger partial charge in [-0.05, 0) is 56.5 Å². The van der Waals surface area contributed by atoms with Crippen LogP contribution in [0.1, 0.15) is 38.2 Å². The first-order chi connectivity index (χ1) is 23.0. The fraction of sp³-hybridized carbons (Fsp3) is 0.412. The number of alkyl halides is 1. The number of nitrogens with zero attached hydrogens (tertiary/aromatic N) is 6. The van der Waals surface area contributed by atoms with Crippen LogP contribution in [0.2, 0.25) is 5.02 Å². The molecule has 14 heteroatoms. The summed E-state index contributed by atoms with van der Waals surface area (Å²) >= 11 is 7.74. The molecule has 2 aromatic heterocycles. The Morgan fingerprint density at radius 2 is 2.15 bits per heavy atom. The van der Waals surface area contributed by atoms with E-state index in [2.05, 4.69) is 16.5 Å². The summed E-state index contributed by atoms with van der Waals surface area (Å²) in [6, 6.07) is 5.62. The third-order valence-corrected chi connectivity index (χ3v) is 11.6. The van der Waals surface area contributed by atoms with Gasteiger partial charge in [-0.25, -0.2) is 13.2 Å². The van der Waals surface area contributed by atoms with Gasteiger partial charge in [-0.3, -0.25) is 9.69 Å². The van der Waals surface area contributed by atoms with Gasteiger partial charge in [0.15, 0.2) is 5.82 Å². The van der Waals surface area contributed by atoms with E-state index in [1.54, 1.807) is 11.0 Å². The van der Waals surface area contributed by atoms with Crippen molar-refractivity contribution in [3.63, 3.8) is 0 Å². The maximum absolute atomic E-state index is 17.0. The van der Waals surface area contributed by atoms with Gasteiger partial charge in [0, 0.05) is 48.9 Å². The molecule has 4 aromatic rings. The first kappa shape index (κ1) is 32.4. The first-order valence-electron chi connectivity index (χ1n) is 15.8. The number of aromatic nitrogens is 2. The average molecular weight is 696 g/mol. The van der Waals surface area contributed by atoms with Crippen LogP contribution in [0.5, 0.6) is 6.01 Å². The zero-order chi connectivity index (χ0) is 34.1. The van der Waals surface area contributed by atoms with E-state index >= 15 is 4.39 Å². The molecule has 9 nitrogen and oxygen atoms in total. The quantitative estimate of drug-likeness (QED) is 0.219. The molecule has 0 spiro atoms. The normalized spacial score (nSPS) is 23.9. The van der Waals surface area contributed by atoms with Crippen molar-refractivity contribution in [1.29, 1.82) is 5.26 Å². The molecule has 0 bridgehead atoms. The Bertz CT molecular complexity index is 2040. The first-order valence-corrected chi connectivity index (χ1v) is 17.0. The summed E-state index contributed by atoms with van der Waals surface area (Å²) in [6.45, 7) is 7.30. The van der Waals surface area contributed by atoms with Gasteiger partial charge in [-0.2, -0.15) is 15.2 Å². The summed E-state index contributed by atoms with van der Waals surface area (Å²) in [5, 5.41) is 10.4. The van der Waals surface area contributed by atoms with Crippen LogP contribution in [0.3, 0.4) is 0 Å². The average Bonchev–Trinajstić information content (AvgIpc) is 3.81. The number of anilines is 2. The minimum Gasteiger partial charge on any atom is -0.461 e. The van der Waals surface area contributed by atoms with Gasteiger partial charge in [-0.1, -0.05) is 24.2 Å². The molecule has 3 saturated heterocycles. The molecule has 0 saturated carbocycles. The number of rotatable bonds is 7. The predicted molar refractivity (Wildman–Crippen MR) is 181 cm³/mol. The Hall–Kier alpha value is -4.12. The van der Waals surface area contributed by atoms with Crippen LogP contribution in [-0.4, -0.2) is 82.8 Å². The zero-order valence-corrected chi connectivity index (χ0v) is 28.0. The molecule has 0 aliphatic carbocycles. The highest BCUT2D eigenvalue weighted by Gasteiger charge is 2.49. The molecular formula is C34H33ClF3N7O2S. The minimum absolute atomic E-state index is 0.00292. The molecule has 250 valence electrons. The second-order valence-corrected chi connectivity index (χ2v) is 14.3. The van der Waals surface area contributed by atoms with Crippen molar-refractivity contribution in [3.8, 4) is 23.2 Å².